The molecule has 11 rings (SSSR count). The van der Waals surface area contributed by atoms with E-state index in [0.717, 1.165) is 43.2 Å². The monoisotopic (exact) mass is 805 g/mol. The fourth-order valence-electron chi connectivity index (χ4n) is 14.5. The van der Waals surface area contributed by atoms with Gasteiger partial charge in [-0.15, -0.1) is 0 Å². The summed E-state index contributed by atoms with van der Waals surface area (Å²) in [6.45, 7) is 11.1. The molecular formula is C51H67NO7. The van der Waals surface area contributed by atoms with Crippen LogP contribution >= 0.6 is 0 Å². The van der Waals surface area contributed by atoms with E-state index in [1.54, 1.807) is 19.2 Å². The van der Waals surface area contributed by atoms with E-state index in [4.69, 9.17) is 9.47 Å². The largest absolute Gasteiger partial charge is 0.497 e. The molecule has 1 saturated heterocycles. The van der Waals surface area contributed by atoms with Crippen LogP contribution in [0.2, 0.25) is 0 Å². The lowest BCUT2D eigenvalue weighted by Crippen LogP contribution is -2.63. The molecule has 1 amide bonds. The Morgan fingerprint density at radius 2 is 1.56 bits per heavy atom. The summed E-state index contributed by atoms with van der Waals surface area (Å²) in [7, 11) is 1.61. The molecule has 8 nitrogen and oxygen atoms in total. The maximum absolute atomic E-state index is 15.7. The van der Waals surface area contributed by atoms with E-state index in [1.807, 2.05) is 43.9 Å². The van der Waals surface area contributed by atoms with Crippen molar-refractivity contribution >= 4 is 17.7 Å². The lowest BCUT2D eigenvalue weighted by atomic mass is 9.49. The van der Waals surface area contributed by atoms with Gasteiger partial charge in [0.05, 0.1) is 30.8 Å². The minimum absolute atomic E-state index is 0.00639. The highest BCUT2D eigenvalue weighted by Crippen LogP contribution is 2.67. The Hall–Kier alpha value is -3.49. The number of carbonyl (C=O) groups is 3. The van der Waals surface area contributed by atoms with Gasteiger partial charge in [0.2, 0.25) is 0 Å². The molecule has 1 heterocycles. The number of rotatable bonds is 8. The normalized spacial score (nSPS) is 39.4. The summed E-state index contributed by atoms with van der Waals surface area (Å²) in [5.41, 5.74) is -0.479. The number of aliphatic hydroxyl groups excluding tert-OH is 1. The number of methoxy groups -OCH3 is 1. The Kier molecular flexibility index (Phi) is 9.90. The van der Waals surface area contributed by atoms with Gasteiger partial charge in [0.1, 0.15) is 5.75 Å². The van der Waals surface area contributed by atoms with Gasteiger partial charge in [0.15, 0.2) is 11.4 Å². The van der Waals surface area contributed by atoms with Gasteiger partial charge < -0.3 is 24.6 Å². The van der Waals surface area contributed by atoms with Gasteiger partial charge in [0, 0.05) is 28.5 Å². The van der Waals surface area contributed by atoms with E-state index in [1.165, 1.54) is 24.8 Å². The lowest BCUT2D eigenvalue weighted by molar-refractivity contribution is -0.181. The number of hydrogen-bond donors (Lipinski definition) is 2. The zero-order valence-corrected chi connectivity index (χ0v) is 36.4. The van der Waals surface area contributed by atoms with Crippen molar-refractivity contribution in [3.63, 3.8) is 0 Å². The van der Waals surface area contributed by atoms with E-state index < -0.39 is 33.6 Å². The van der Waals surface area contributed by atoms with Crippen LogP contribution in [0.15, 0.2) is 54.1 Å². The van der Waals surface area contributed by atoms with Crippen molar-refractivity contribution in [2.24, 2.45) is 39.4 Å². The standard InChI is InChI=1S/C51H67NO7/c1-32-8-7-18-47(4)42(40-16-10-33(25-38(53)13-9-32)26-41(40)43(54)37-11-14-39(58-6)15-12-37)17-19-50(47,57)31-52(30-49-27-34-22-35(28-49)24-36(23-34)29-49)44(55)51-21-20-48(5,45(56)59-51)46(51,2)3/h8,10-12,14-16,26,34-36,38,42,53,57H,7,9,13,17-25,27-31H2,1-6H3. The molecule has 0 radical (unpaired) electrons. The molecule has 8 heteroatoms. The predicted molar refractivity (Wildman–Crippen MR) is 227 cm³/mol. The molecular weight excluding hydrogens is 739 g/mol. The van der Waals surface area contributed by atoms with E-state index in [-0.39, 0.29) is 35.5 Å². The number of esters is 1. The van der Waals surface area contributed by atoms with Crippen molar-refractivity contribution < 1.29 is 34.1 Å². The van der Waals surface area contributed by atoms with Crippen LogP contribution in [0.1, 0.15) is 157 Å². The average Bonchev–Trinajstić information content (AvgIpc) is 3.62. The van der Waals surface area contributed by atoms with Crippen molar-refractivity contribution in [3.8, 4) is 5.75 Å². The molecule has 2 N–H and O–H groups in total. The third-order valence-electron chi connectivity index (χ3n) is 18.1. The number of nitrogens with zero attached hydrogens (tertiary/aromatic N) is 1. The van der Waals surface area contributed by atoms with Gasteiger partial charge in [-0.2, -0.15) is 0 Å². The molecule has 6 atom stereocenters. The Bertz CT molecular complexity index is 2020. The smallest absolute Gasteiger partial charge is 0.313 e. The fourth-order valence-corrected chi connectivity index (χ4v) is 14.5. The number of ketones is 1. The van der Waals surface area contributed by atoms with E-state index >= 15 is 4.79 Å². The Morgan fingerprint density at radius 3 is 2.17 bits per heavy atom. The van der Waals surface area contributed by atoms with E-state index in [0.29, 0.717) is 86.1 Å². The maximum atomic E-state index is 15.7. The van der Waals surface area contributed by atoms with Gasteiger partial charge in [-0.05, 0) is 181 Å². The first kappa shape index (κ1) is 40.9. The molecule has 7 fully saturated rings. The number of ether oxygens (including phenoxy) is 2. The highest BCUT2D eigenvalue weighted by atomic mass is 16.6. The Morgan fingerprint density at radius 1 is 0.881 bits per heavy atom. The molecule has 6 unspecified atom stereocenters. The van der Waals surface area contributed by atoms with Gasteiger partial charge in [-0.25, -0.2) is 0 Å². The minimum Gasteiger partial charge on any atom is -0.497 e. The quantitative estimate of drug-likeness (QED) is 0.156. The zero-order valence-electron chi connectivity index (χ0n) is 36.4. The maximum Gasteiger partial charge on any atom is 0.313 e. The number of fused-ring (bicyclic) bond motifs is 10. The SMILES string of the molecule is COc1ccc(C(=O)c2cc3ccc2C2CCC(O)(CN(CC45CC6CC(CC(C6)C4)C5)C(=O)C45CCC(C)(C(=O)O4)C5(C)C)C2(C)CCC=C(C)CCC(O)C3)cc1. The first-order chi connectivity index (χ1) is 27.9. The van der Waals surface area contributed by atoms with E-state index in [9.17, 15) is 19.8 Å². The number of benzene rings is 2. The van der Waals surface area contributed by atoms with Gasteiger partial charge in [0.25, 0.3) is 5.91 Å². The summed E-state index contributed by atoms with van der Waals surface area (Å²) in [6, 6.07) is 13.4. The molecule has 9 aliphatic rings. The van der Waals surface area contributed by atoms with Crippen LogP contribution in [-0.4, -0.2) is 70.3 Å². The number of allylic oxidation sites excluding steroid dienone is 2. The highest BCUT2D eigenvalue weighted by Gasteiger charge is 2.76. The first-order valence-electron chi connectivity index (χ1n) is 22.8. The van der Waals surface area contributed by atoms with Crippen molar-refractivity contribution in [1.82, 2.24) is 4.90 Å². The van der Waals surface area contributed by atoms with Crippen LogP contribution in [0, 0.1) is 39.4 Å². The van der Waals surface area contributed by atoms with Crippen LogP contribution < -0.4 is 4.74 Å². The van der Waals surface area contributed by atoms with Crippen LogP contribution in [-0.2, 0) is 20.7 Å². The second-order valence-electron chi connectivity index (χ2n) is 21.8. The molecule has 2 aromatic carbocycles. The number of amides is 1. The molecule has 2 aromatic rings. The van der Waals surface area contributed by atoms with Gasteiger partial charge in [-0.1, -0.05) is 44.6 Å². The summed E-state index contributed by atoms with van der Waals surface area (Å²) < 4.78 is 11.7. The fraction of sp³-hybridized carbons (Fsp3) is 0.667. The summed E-state index contributed by atoms with van der Waals surface area (Å²) >= 11 is 0. The Labute approximate surface area is 351 Å². The zero-order chi connectivity index (χ0) is 41.8. The molecule has 318 valence electrons. The summed E-state index contributed by atoms with van der Waals surface area (Å²) in [5, 5.41) is 24.7. The number of aliphatic hydroxyl groups is 2. The van der Waals surface area contributed by atoms with Crippen LogP contribution in [0.3, 0.4) is 0 Å². The average molecular weight is 806 g/mol. The van der Waals surface area contributed by atoms with Crippen LogP contribution in [0.25, 0.3) is 0 Å². The molecule has 8 aliphatic carbocycles. The lowest BCUT2D eigenvalue weighted by Gasteiger charge is -2.58. The second kappa shape index (κ2) is 14.3. The Balaban J connectivity index is 1.13. The first-order valence-corrected chi connectivity index (χ1v) is 22.8. The van der Waals surface area contributed by atoms with Gasteiger partial charge in [-0.3, -0.25) is 14.4 Å². The molecule has 0 spiro atoms. The topological polar surface area (TPSA) is 113 Å². The van der Waals surface area contributed by atoms with Crippen molar-refractivity contribution in [2.45, 2.75) is 154 Å². The molecule has 59 heavy (non-hydrogen) atoms. The van der Waals surface area contributed by atoms with Gasteiger partial charge >= 0.3 is 5.97 Å². The second-order valence-corrected chi connectivity index (χ2v) is 21.8. The molecule has 0 aromatic heterocycles. The van der Waals surface area contributed by atoms with Crippen LogP contribution in [0.5, 0.6) is 5.75 Å². The third kappa shape index (κ3) is 6.38. The van der Waals surface area contributed by atoms with Crippen molar-refractivity contribution in [3.05, 3.63) is 76.4 Å². The predicted octanol–water partition coefficient (Wildman–Crippen LogP) is 9.13. The summed E-state index contributed by atoms with van der Waals surface area (Å²) in [6.07, 6.45) is 14.5. The van der Waals surface area contributed by atoms with Crippen molar-refractivity contribution in [2.75, 3.05) is 20.2 Å². The summed E-state index contributed by atoms with van der Waals surface area (Å²) in [4.78, 5) is 46.0. The van der Waals surface area contributed by atoms with Crippen molar-refractivity contribution in [1.29, 1.82) is 0 Å². The third-order valence-corrected chi connectivity index (χ3v) is 18.1. The molecule has 1 aliphatic heterocycles. The molecule has 8 bridgehead atoms. The number of carbonyl (C=O) groups excluding carboxylic acids is 3. The summed E-state index contributed by atoms with van der Waals surface area (Å²) in [5.74, 6) is 2.11. The molecule has 6 saturated carbocycles. The van der Waals surface area contributed by atoms with E-state index in [2.05, 4.69) is 32.1 Å². The number of hydrogen-bond acceptors (Lipinski definition) is 7. The highest BCUT2D eigenvalue weighted by molar-refractivity contribution is 6.10. The van der Waals surface area contributed by atoms with Crippen LogP contribution in [0.4, 0.5) is 0 Å². The minimum atomic E-state index is -1.28.